The number of carbonyl (C=O) groups is 1. The number of anilines is 1. The summed E-state index contributed by atoms with van der Waals surface area (Å²) >= 11 is 3.43. The molecule has 2 rings (SSSR count). The van der Waals surface area contributed by atoms with Crippen molar-refractivity contribution in [2.45, 2.75) is 26.8 Å². The van der Waals surface area contributed by atoms with Crippen molar-refractivity contribution in [2.75, 3.05) is 10.6 Å². The van der Waals surface area contributed by atoms with E-state index in [1.165, 1.54) is 4.24 Å². The minimum atomic E-state index is -0.441. The predicted molar refractivity (Wildman–Crippen MR) is 99.3 cm³/mol. The Morgan fingerprint density at radius 1 is 1.41 bits per heavy atom. The molecule has 0 aliphatic carbocycles. The number of fused-ring (bicyclic) bond motifs is 1. The highest BCUT2D eigenvalue weighted by Crippen LogP contribution is 2.38. The Morgan fingerprint density at radius 3 is 2.68 bits per heavy atom. The van der Waals surface area contributed by atoms with Crippen LogP contribution in [0.15, 0.2) is 34.6 Å². The Labute approximate surface area is 139 Å². The van der Waals surface area contributed by atoms with Gasteiger partial charge in [-0.2, -0.15) is 0 Å². The van der Waals surface area contributed by atoms with Crippen LogP contribution in [0.4, 0.5) is 5.69 Å². The fourth-order valence-corrected chi connectivity index (χ4v) is 3.73. The summed E-state index contributed by atoms with van der Waals surface area (Å²) in [7, 11) is 0. The molecule has 0 unspecified atom stereocenters. The quantitative estimate of drug-likeness (QED) is 0.770. The lowest BCUT2D eigenvalue weighted by Gasteiger charge is -2.28. The van der Waals surface area contributed by atoms with Crippen molar-refractivity contribution in [3.05, 3.63) is 40.3 Å². The SMILES string of the molecule is C/C=C(\SC)SN(c1cccc2cc(C(N)=O)[nH]c12)C(C)C. The number of hydrogen-bond acceptors (Lipinski definition) is 4. The number of carbonyl (C=O) groups excluding carboxylic acids is 1. The third kappa shape index (κ3) is 3.44. The van der Waals surface area contributed by atoms with E-state index in [0.717, 1.165) is 16.6 Å². The zero-order valence-corrected chi connectivity index (χ0v) is 14.8. The first-order chi connectivity index (χ1) is 10.5. The average Bonchev–Trinajstić information content (AvgIpc) is 2.92. The van der Waals surface area contributed by atoms with Crippen molar-refractivity contribution >= 4 is 46.2 Å². The lowest BCUT2D eigenvalue weighted by molar-refractivity contribution is 0.0996. The number of benzene rings is 1. The summed E-state index contributed by atoms with van der Waals surface area (Å²) < 4.78 is 3.47. The summed E-state index contributed by atoms with van der Waals surface area (Å²) in [6, 6.07) is 8.15. The number of hydrogen-bond donors (Lipinski definition) is 2. The van der Waals surface area contributed by atoms with E-state index in [1.54, 1.807) is 29.8 Å². The van der Waals surface area contributed by atoms with E-state index >= 15 is 0 Å². The zero-order chi connectivity index (χ0) is 16.3. The number of primary amides is 1. The van der Waals surface area contributed by atoms with E-state index in [-0.39, 0.29) is 0 Å². The number of H-pyrrole nitrogens is 1. The number of thioether (sulfide) groups is 1. The van der Waals surface area contributed by atoms with Crippen molar-refractivity contribution in [3.63, 3.8) is 0 Å². The van der Waals surface area contributed by atoms with E-state index in [9.17, 15) is 4.79 Å². The molecule has 1 aromatic heterocycles. The standard InChI is InChI=1S/C16H21N3OS2/c1-5-14(21-4)22-19(10(2)3)13-8-6-7-11-9-12(16(17)20)18-15(11)13/h5-10,18H,1-4H3,(H2,17,20)/b14-5+. The fourth-order valence-electron chi connectivity index (χ4n) is 2.19. The topological polar surface area (TPSA) is 62.1 Å². The van der Waals surface area contributed by atoms with E-state index in [2.05, 4.69) is 41.5 Å². The lowest BCUT2D eigenvalue weighted by atomic mass is 10.2. The van der Waals surface area contributed by atoms with Crippen LogP contribution in [-0.2, 0) is 0 Å². The van der Waals surface area contributed by atoms with Crippen LogP contribution in [0.25, 0.3) is 10.9 Å². The Balaban J connectivity index is 2.51. The summed E-state index contributed by atoms with van der Waals surface area (Å²) in [6.07, 6.45) is 4.18. The van der Waals surface area contributed by atoms with E-state index in [0.29, 0.717) is 11.7 Å². The van der Waals surface area contributed by atoms with E-state index in [4.69, 9.17) is 5.73 Å². The maximum Gasteiger partial charge on any atom is 0.265 e. The second kappa shape index (κ2) is 7.15. The maximum atomic E-state index is 11.4. The van der Waals surface area contributed by atoms with Crippen LogP contribution in [0.5, 0.6) is 0 Å². The van der Waals surface area contributed by atoms with Gasteiger partial charge in [-0.3, -0.25) is 4.79 Å². The Kier molecular flexibility index (Phi) is 5.47. The number of aromatic nitrogens is 1. The maximum absolute atomic E-state index is 11.4. The summed E-state index contributed by atoms with van der Waals surface area (Å²) in [5.74, 6) is -0.441. The first-order valence-corrected chi connectivity index (χ1v) is 9.06. The average molecular weight is 335 g/mol. The fraction of sp³-hybridized carbons (Fsp3) is 0.312. The van der Waals surface area contributed by atoms with Gasteiger partial charge in [0.05, 0.1) is 15.4 Å². The summed E-state index contributed by atoms with van der Waals surface area (Å²) in [5, 5.41) is 0.990. The molecule has 0 saturated carbocycles. The number of amides is 1. The third-order valence-corrected chi connectivity index (χ3v) is 5.82. The predicted octanol–water partition coefficient (Wildman–Crippen LogP) is 4.35. The molecule has 4 nitrogen and oxygen atoms in total. The second-order valence-electron chi connectivity index (χ2n) is 5.11. The number of nitrogens with one attached hydrogen (secondary N) is 1. The van der Waals surface area contributed by atoms with E-state index < -0.39 is 5.91 Å². The molecule has 0 aliphatic rings. The second-order valence-corrected chi connectivity index (χ2v) is 7.23. The number of aromatic amines is 1. The highest BCUT2D eigenvalue weighted by Gasteiger charge is 2.18. The van der Waals surface area contributed by atoms with Crippen molar-refractivity contribution in [1.29, 1.82) is 0 Å². The van der Waals surface area contributed by atoms with Gasteiger partial charge in [-0.1, -0.05) is 18.2 Å². The minimum Gasteiger partial charge on any atom is -0.364 e. The van der Waals surface area contributed by atoms with Crippen molar-refractivity contribution in [1.82, 2.24) is 4.98 Å². The van der Waals surface area contributed by atoms with Gasteiger partial charge in [-0.05, 0) is 51.1 Å². The Hall–Kier alpha value is -1.53. The van der Waals surface area contributed by atoms with Crippen molar-refractivity contribution in [2.24, 2.45) is 5.73 Å². The van der Waals surface area contributed by atoms with Crippen LogP contribution in [0.1, 0.15) is 31.3 Å². The highest BCUT2D eigenvalue weighted by molar-refractivity contribution is 8.22. The molecule has 22 heavy (non-hydrogen) atoms. The summed E-state index contributed by atoms with van der Waals surface area (Å²) in [6.45, 7) is 6.34. The highest BCUT2D eigenvalue weighted by atomic mass is 32.2. The molecule has 0 saturated heterocycles. The lowest BCUT2D eigenvalue weighted by Crippen LogP contribution is -2.23. The molecule has 1 heterocycles. The van der Waals surface area contributed by atoms with Gasteiger partial charge in [0.15, 0.2) is 0 Å². The van der Waals surface area contributed by atoms with Crippen molar-refractivity contribution < 1.29 is 4.79 Å². The molecule has 3 N–H and O–H groups in total. The monoisotopic (exact) mass is 335 g/mol. The van der Waals surface area contributed by atoms with Crippen LogP contribution in [0.3, 0.4) is 0 Å². The van der Waals surface area contributed by atoms with Gasteiger partial charge in [0.25, 0.3) is 5.91 Å². The number of nitrogens with two attached hydrogens (primary N) is 1. The Bertz CT molecular complexity index is 706. The molecule has 0 atom stereocenters. The molecule has 2 aromatic rings. The molecule has 0 radical (unpaired) electrons. The van der Waals surface area contributed by atoms with Crippen LogP contribution in [-0.4, -0.2) is 23.2 Å². The molecular formula is C16H21N3OS2. The third-order valence-electron chi connectivity index (χ3n) is 3.23. The van der Waals surface area contributed by atoms with Crippen LogP contribution < -0.4 is 10.0 Å². The summed E-state index contributed by atoms with van der Waals surface area (Å²) in [5.41, 5.74) is 7.82. The number of para-hydroxylation sites is 1. The normalized spacial score (nSPS) is 12.1. The molecule has 0 spiro atoms. The smallest absolute Gasteiger partial charge is 0.265 e. The van der Waals surface area contributed by atoms with Gasteiger partial charge in [0.2, 0.25) is 0 Å². The van der Waals surface area contributed by atoms with Crippen LogP contribution >= 0.6 is 23.7 Å². The van der Waals surface area contributed by atoms with Crippen LogP contribution in [0.2, 0.25) is 0 Å². The molecule has 1 aromatic carbocycles. The molecule has 6 heteroatoms. The molecule has 0 fully saturated rings. The molecular weight excluding hydrogens is 314 g/mol. The number of rotatable bonds is 6. The van der Waals surface area contributed by atoms with Gasteiger partial charge in [-0.25, -0.2) is 0 Å². The summed E-state index contributed by atoms with van der Waals surface area (Å²) in [4.78, 5) is 14.6. The van der Waals surface area contributed by atoms with E-state index in [1.807, 2.05) is 19.1 Å². The van der Waals surface area contributed by atoms with Gasteiger partial charge in [0, 0.05) is 11.4 Å². The first-order valence-electron chi connectivity index (χ1n) is 7.07. The molecule has 0 aliphatic heterocycles. The largest absolute Gasteiger partial charge is 0.364 e. The minimum absolute atomic E-state index is 0.304. The molecule has 0 bridgehead atoms. The molecule has 1 amide bonds. The van der Waals surface area contributed by atoms with Gasteiger partial charge in [-0.15, -0.1) is 11.8 Å². The Morgan fingerprint density at radius 2 is 2.14 bits per heavy atom. The van der Waals surface area contributed by atoms with Gasteiger partial charge >= 0.3 is 0 Å². The zero-order valence-electron chi connectivity index (χ0n) is 13.2. The number of allylic oxidation sites excluding steroid dienone is 1. The first kappa shape index (κ1) is 16.8. The molecule has 118 valence electrons. The number of nitrogens with zero attached hydrogens (tertiary/aromatic N) is 1. The van der Waals surface area contributed by atoms with Crippen molar-refractivity contribution in [3.8, 4) is 0 Å². The van der Waals surface area contributed by atoms with Crippen LogP contribution in [0, 0.1) is 0 Å². The van der Waals surface area contributed by atoms with Gasteiger partial charge in [0.1, 0.15) is 5.69 Å². The van der Waals surface area contributed by atoms with Gasteiger partial charge < -0.3 is 15.0 Å².